The first-order valence-electron chi connectivity index (χ1n) is 5.93. The van der Waals surface area contributed by atoms with Crippen molar-refractivity contribution in [1.29, 1.82) is 0 Å². The standard InChI is InChI=1S/C14H20O4/c1-8-7-11(5-6-12(15)14(16)17)9(2)10(3)13(8)18-4/h7,12,15H,5-6H2,1-4H3,(H,16,17). The first-order valence-corrected chi connectivity index (χ1v) is 5.93. The van der Waals surface area contributed by atoms with Gasteiger partial charge in [0.1, 0.15) is 5.75 Å². The Kier molecular flexibility index (Phi) is 4.73. The minimum atomic E-state index is -1.30. The minimum Gasteiger partial charge on any atom is -0.496 e. The van der Waals surface area contributed by atoms with E-state index < -0.39 is 12.1 Å². The highest BCUT2D eigenvalue weighted by Crippen LogP contribution is 2.29. The summed E-state index contributed by atoms with van der Waals surface area (Å²) in [5.41, 5.74) is 4.25. The van der Waals surface area contributed by atoms with E-state index in [0.717, 1.165) is 28.0 Å². The predicted molar refractivity (Wildman–Crippen MR) is 69.2 cm³/mol. The van der Waals surface area contributed by atoms with Crippen LogP contribution in [0.3, 0.4) is 0 Å². The van der Waals surface area contributed by atoms with Crippen LogP contribution in [-0.4, -0.2) is 29.4 Å². The highest BCUT2D eigenvalue weighted by molar-refractivity contribution is 5.71. The Morgan fingerprint density at radius 3 is 2.44 bits per heavy atom. The molecular formula is C14H20O4. The molecule has 2 N–H and O–H groups in total. The third-order valence-corrected chi connectivity index (χ3v) is 3.31. The monoisotopic (exact) mass is 252 g/mol. The quantitative estimate of drug-likeness (QED) is 0.841. The second-order valence-corrected chi connectivity index (χ2v) is 4.53. The molecule has 0 amide bonds. The van der Waals surface area contributed by atoms with Gasteiger partial charge < -0.3 is 14.9 Å². The summed E-state index contributed by atoms with van der Waals surface area (Å²) in [5, 5.41) is 17.9. The van der Waals surface area contributed by atoms with Gasteiger partial charge in [-0.2, -0.15) is 0 Å². The third kappa shape index (κ3) is 3.01. The van der Waals surface area contributed by atoms with Gasteiger partial charge in [-0.1, -0.05) is 6.07 Å². The lowest BCUT2D eigenvalue weighted by molar-refractivity contribution is -0.146. The number of rotatable bonds is 5. The van der Waals surface area contributed by atoms with E-state index in [1.807, 2.05) is 26.8 Å². The molecule has 0 fully saturated rings. The lowest BCUT2D eigenvalue weighted by Crippen LogP contribution is -2.20. The number of aliphatic hydroxyl groups excluding tert-OH is 1. The van der Waals surface area contributed by atoms with E-state index in [9.17, 15) is 9.90 Å². The molecular weight excluding hydrogens is 232 g/mol. The lowest BCUT2D eigenvalue weighted by atomic mass is 9.95. The van der Waals surface area contributed by atoms with Gasteiger partial charge in [-0.25, -0.2) is 4.79 Å². The average molecular weight is 252 g/mol. The van der Waals surface area contributed by atoms with Crippen LogP contribution in [0.2, 0.25) is 0 Å². The lowest BCUT2D eigenvalue weighted by Gasteiger charge is -2.16. The van der Waals surface area contributed by atoms with Crippen LogP contribution in [-0.2, 0) is 11.2 Å². The van der Waals surface area contributed by atoms with Gasteiger partial charge in [0.15, 0.2) is 6.10 Å². The zero-order valence-corrected chi connectivity index (χ0v) is 11.3. The van der Waals surface area contributed by atoms with Gasteiger partial charge >= 0.3 is 5.97 Å². The van der Waals surface area contributed by atoms with Crippen molar-refractivity contribution in [2.45, 2.75) is 39.7 Å². The summed E-state index contributed by atoms with van der Waals surface area (Å²) in [6, 6.07) is 2.00. The number of carbonyl (C=O) groups is 1. The van der Waals surface area contributed by atoms with Crippen molar-refractivity contribution < 1.29 is 19.7 Å². The number of hydrogen-bond donors (Lipinski definition) is 2. The van der Waals surface area contributed by atoms with Crippen LogP contribution in [0.1, 0.15) is 28.7 Å². The van der Waals surface area contributed by atoms with Crippen LogP contribution < -0.4 is 4.74 Å². The Hall–Kier alpha value is -1.55. The highest BCUT2D eigenvalue weighted by Gasteiger charge is 2.15. The number of benzene rings is 1. The number of ether oxygens (including phenoxy) is 1. The molecule has 100 valence electrons. The number of hydrogen-bond acceptors (Lipinski definition) is 3. The zero-order valence-electron chi connectivity index (χ0n) is 11.3. The van der Waals surface area contributed by atoms with Gasteiger partial charge in [0.2, 0.25) is 0 Å². The van der Waals surface area contributed by atoms with Crippen molar-refractivity contribution in [3.63, 3.8) is 0 Å². The van der Waals surface area contributed by atoms with Crippen molar-refractivity contribution >= 4 is 5.97 Å². The number of carboxylic acids is 1. The van der Waals surface area contributed by atoms with Crippen LogP contribution >= 0.6 is 0 Å². The largest absolute Gasteiger partial charge is 0.496 e. The topological polar surface area (TPSA) is 66.8 Å². The molecule has 1 aromatic rings. The number of aliphatic carboxylic acids is 1. The van der Waals surface area contributed by atoms with Gasteiger partial charge in [-0.05, 0) is 55.9 Å². The fourth-order valence-corrected chi connectivity index (χ4v) is 2.13. The van der Waals surface area contributed by atoms with E-state index in [4.69, 9.17) is 9.84 Å². The van der Waals surface area contributed by atoms with E-state index in [-0.39, 0.29) is 6.42 Å². The molecule has 1 aromatic carbocycles. The molecule has 1 rings (SSSR count). The van der Waals surface area contributed by atoms with Gasteiger partial charge in [0.25, 0.3) is 0 Å². The first-order chi connectivity index (χ1) is 8.38. The molecule has 0 radical (unpaired) electrons. The molecule has 0 saturated carbocycles. The normalized spacial score (nSPS) is 12.3. The van der Waals surface area contributed by atoms with Crippen LogP contribution in [0.15, 0.2) is 6.07 Å². The average Bonchev–Trinajstić information content (AvgIpc) is 2.32. The number of aliphatic hydroxyl groups is 1. The molecule has 0 spiro atoms. The molecule has 0 aromatic heterocycles. The maximum absolute atomic E-state index is 10.6. The Bertz CT molecular complexity index is 452. The summed E-state index contributed by atoms with van der Waals surface area (Å²) >= 11 is 0. The highest BCUT2D eigenvalue weighted by atomic mass is 16.5. The number of aryl methyl sites for hydroxylation is 2. The summed E-state index contributed by atoms with van der Waals surface area (Å²) < 4.78 is 5.33. The predicted octanol–water partition coefficient (Wildman–Crippen LogP) is 2.00. The Morgan fingerprint density at radius 1 is 1.33 bits per heavy atom. The van der Waals surface area contributed by atoms with Crippen LogP contribution in [0.5, 0.6) is 5.75 Å². The molecule has 0 saturated heterocycles. The Labute approximate surface area is 107 Å². The third-order valence-electron chi connectivity index (χ3n) is 3.31. The van der Waals surface area contributed by atoms with E-state index >= 15 is 0 Å². The molecule has 4 heteroatoms. The van der Waals surface area contributed by atoms with Crippen molar-refractivity contribution in [1.82, 2.24) is 0 Å². The number of methoxy groups -OCH3 is 1. The van der Waals surface area contributed by atoms with Crippen LogP contribution in [0.25, 0.3) is 0 Å². The summed E-state index contributed by atoms with van der Waals surface area (Å²) in [4.78, 5) is 10.6. The van der Waals surface area contributed by atoms with Crippen molar-refractivity contribution in [3.8, 4) is 5.75 Å². The van der Waals surface area contributed by atoms with Crippen molar-refractivity contribution in [2.75, 3.05) is 7.11 Å². The van der Waals surface area contributed by atoms with E-state index in [1.54, 1.807) is 7.11 Å². The molecule has 0 heterocycles. The molecule has 0 aliphatic carbocycles. The van der Waals surface area contributed by atoms with Crippen LogP contribution in [0.4, 0.5) is 0 Å². The van der Waals surface area contributed by atoms with Crippen molar-refractivity contribution in [3.05, 3.63) is 28.3 Å². The van der Waals surface area contributed by atoms with Gasteiger partial charge in [0, 0.05) is 0 Å². The number of carboxylic acid groups (broad SMARTS) is 1. The zero-order chi connectivity index (χ0) is 13.9. The van der Waals surface area contributed by atoms with E-state index in [0.29, 0.717) is 6.42 Å². The summed E-state index contributed by atoms with van der Waals surface area (Å²) in [6.45, 7) is 5.93. The molecule has 1 atom stereocenters. The molecule has 1 unspecified atom stereocenters. The van der Waals surface area contributed by atoms with Gasteiger partial charge in [-0.3, -0.25) is 0 Å². The minimum absolute atomic E-state index is 0.224. The molecule has 0 aliphatic heterocycles. The summed E-state index contributed by atoms with van der Waals surface area (Å²) in [7, 11) is 1.64. The second kappa shape index (κ2) is 5.87. The van der Waals surface area contributed by atoms with Crippen LogP contribution in [0, 0.1) is 20.8 Å². The first kappa shape index (κ1) is 14.5. The van der Waals surface area contributed by atoms with E-state index in [2.05, 4.69) is 0 Å². The summed E-state index contributed by atoms with van der Waals surface area (Å²) in [6.07, 6.45) is -0.529. The fraction of sp³-hybridized carbons (Fsp3) is 0.500. The van der Waals surface area contributed by atoms with Crippen molar-refractivity contribution in [2.24, 2.45) is 0 Å². The fourth-order valence-electron chi connectivity index (χ4n) is 2.13. The maximum Gasteiger partial charge on any atom is 0.332 e. The molecule has 0 bridgehead atoms. The maximum atomic E-state index is 10.6. The second-order valence-electron chi connectivity index (χ2n) is 4.53. The Balaban J connectivity index is 2.94. The van der Waals surface area contributed by atoms with Gasteiger partial charge in [0.05, 0.1) is 7.11 Å². The smallest absolute Gasteiger partial charge is 0.332 e. The summed E-state index contributed by atoms with van der Waals surface area (Å²) in [5.74, 6) is -0.301. The SMILES string of the molecule is COc1c(C)cc(CCC(O)C(=O)O)c(C)c1C. The van der Waals surface area contributed by atoms with E-state index in [1.165, 1.54) is 0 Å². The molecule has 18 heavy (non-hydrogen) atoms. The van der Waals surface area contributed by atoms with Gasteiger partial charge in [-0.15, -0.1) is 0 Å². The Morgan fingerprint density at radius 2 is 1.94 bits per heavy atom. The molecule has 0 aliphatic rings. The molecule has 4 nitrogen and oxygen atoms in total.